The van der Waals surface area contributed by atoms with E-state index in [1.165, 1.54) is 12.1 Å². The molecular formula is C11H16N2O2S. The van der Waals surface area contributed by atoms with Crippen LogP contribution in [-0.2, 0) is 16.6 Å². The second kappa shape index (κ2) is 4.67. The van der Waals surface area contributed by atoms with E-state index in [-0.39, 0.29) is 4.90 Å². The van der Waals surface area contributed by atoms with Gasteiger partial charge in [0.15, 0.2) is 0 Å². The smallest absolute Gasteiger partial charge is 0.238 e. The fourth-order valence-electron chi connectivity index (χ4n) is 1.19. The molecule has 0 heterocycles. The van der Waals surface area contributed by atoms with Crippen LogP contribution in [0.5, 0.6) is 0 Å². The van der Waals surface area contributed by atoms with Gasteiger partial charge in [0.25, 0.3) is 0 Å². The van der Waals surface area contributed by atoms with E-state index in [0.29, 0.717) is 6.54 Å². The third kappa shape index (κ3) is 3.36. The van der Waals surface area contributed by atoms with Gasteiger partial charge in [-0.1, -0.05) is 18.7 Å². The van der Waals surface area contributed by atoms with Crippen LogP contribution in [0.2, 0.25) is 0 Å². The summed E-state index contributed by atoms with van der Waals surface area (Å²) in [5.74, 6) is 0. The highest BCUT2D eigenvalue weighted by molar-refractivity contribution is 7.89. The molecule has 0 bridgehead atoms. The van der Waals surface area contributed by atoms with Crippen molar-refractivity contribution < 1.29 is 8.42 Å². The quantitative estimate of drug-likeness (QED) is 0.862. The van der Waals surface area contributed by atoms with Gasteiger partial charge < -0.3 is 4.90 Å². The number of benzene rings is 1. The maximum absolute atomic E-state index is 11.0. The van der Waals surface area contributed by atoms with Crippen LogP contribution in [0.3, 0.4) is 0 Å². The molecule has 0 aliphatic heterocycles. The summed E-state index contributed by atoms with van der Waals surface area (Å²) in [6.07, 6.45) is 0. The lowest BCUT2D eigenvalue weighted by Crippen LogP contribution is -2.15. The summed E-state index contributed by atoms with van der Waals surface area (Å²) in [5, 5.41) is 5.00. The Morgan fingerprint density at radius 1 is 1.38 bits per heavy atom. The van der Waals surface area contributed by atoms with Gasteiger partial charge >= 0.3 is 0 Å². The van der Waals surface area contributed by atoms with E-state index in [1.54, 1.807) is 12.1 Å². The van der Waals surface area contributed by atoms with Crippen LogP contribution in [-0.4, -0.2) is 20.4 Å². The predicted molar refractivity (Wildman–Crippen MR) is 64.1 cm³/mol. The van der Waals surface area contributed by atoms with Crippen molar-refractivity contribution in [3.05, 3.63) is 42.1 Å². The van der Waals surface area contributed by atoms with Gasteiger partial charge in [0.1, 0.15) is 0 Å². The lowest BCUT2D eigenvalue weighted by molar-refractivity contribution is 0.414. The second-order valence-corrected chi connectivity index (χ2v) is 5.34. The molecule has 0 amide bonds. The van der Waals surface area contributed by atoms with Crippen molar-refractivity contribution in [2.75, 3.05) is 7.05 Å². The summed E-state index contributed by atoms with van der Waals surface area (Å²) in [6.45, 7) is 6.43. The highest BCUT2D eigenvalue weighted by Gasteiger charge is 2.07. The number of hydrogen-bond acceptors (Lipinski definition) is 3. The third-order valence-electron chi connectivity index (χ3n) is 2.32. The summed E-state index contributed by atoms with van der Waals surface area (Å²) >= 11 is 0. The Morgan fingerprint density at radius 2 is 1.88 bits per heavy atom. The van der Waals surface area contributed by atoms with E-state index in [4.69, 9.17) is 5.14 Å². The molecule has 0 aromatic heterocycles. The minimum atomic E-state index is -3.60. The van der Waals surface area contributed by atoms with Crippen LogP contribution in [0.15, 0.2) is 41.4 Å². The Labute approximate surface area is 96.4 Å². The molecule has 16 heavy (non-hydrogen) atoms. The van der Waals surface area contributed by atoms with Crippen LogP contribution in [0.25, 0.3) is 0 Å². The molecule has 0 atom stereocenters. The molecule has 0 aliphatic rings. The zero-order valence-corrected chi connectivity index (χ0v) is 10.3. The molecule has 4 nitrogen and oxygen atoms in total. The molecule has 1 aromatic carbocycles. The zero-order valence-electron chi connectivity index (χ0n) is 9.47. The first-order valence-corrected chi connectivity index (χ1v) is 6.34. The van der Waals surface area contributed by atoms with E-state index in [9.17, 15) is 8.42 Å². The van der Waals surface area contributed by atoms with Crippen LogP contribution in [0.4, 0.5) is 0 Å². The summed E-state index contributed by atoms with van der Waals surface area (Å²) in [7, 11) is -1.67. The minimum Gasteiger partial charge on any atom is -0.374 e. The molecule has 1 rings (SSSR count). The third-order valence-corrected chi connectivity index (χ3v) is 3.25. The normalized spacial score (nSPS) is 11.2. The Morgan fingerprint density at radius 3 is 2.25 bits per heavy atom. The van der Waals surface area contributed by atoms with Gasteiger partial charge in [-0.3, -0.25) is 0 Å². The number of primary sulfonamides is 1. The summed E-state index contributed by atoms with van der Waals surface area (Å²) in [5.41, 5.74) is 1.97. The Hall–Kier alpha value is -1.33. The first-order chi connectivity index (χ1) is 7.30. The van der Waals surface area contributed by atoms with Gasteiger partial charge in [0.05, 0.1) is 4.90 Å². The Kier molecular flexibility index (Phi) is 3.72. The minimum absolute atomic E-state index is 0.134. The van der Waals surface area contributed by atoms with Crippen molar-refractivity contribution in [3.63, 3.8) is 0 Å². The van der Waals surface area contributed by atoms with Gasteiger partial charge in [0, 0.05) is 19.3 Å². The van der Waals surface area contributed by atoms with Crippen molar-refractivity contribution in [1.29, 1.82) is 0 Å². The van der Waals surface area contributed by atoms with E-state index in [1.807, 2.05) is 18.9 Å². The summed E-state index contributed by atoms with van der Waals surface area (Å²) in [6, 6.07) is 6.52. The monoisotopic (exact) mass is 240 g/mol. The van der Waals surface area contributed by atoms with Crippen molar-refractivity contribution in [2.24, 2.45) is 5.14 Å². The standard InChI is InChI=1S/C11H16N2O2S/c1-9(2)13(3)8-10-4-6-11(7-5-10)16(12,14)15/h4-7H,1,8H2,2-3H3,(H2,12,14,15). The lowest BCUT2D eigenvalue weighted by atomic mass is 10.2. The molecule has 2 N–H and O–H groups in total. The zero-order chi connectivity index (χ0) is 12.3. The SMILES string of the molecule is C=C(C)N(C)Cc1ccc(S(N)(=O)=O)cc1. The maximum Gasteiger partial charge on any atom is 0.238 e. The molecule has 5 heteroatoms. The van der Waals surface area contributed by atoms with Crippen molar-refractivity contribution >= 4 is 10.0 Å². The van der Waals surface area contributed by atoms with Gasteiger partial charge in [-0.15, -0.1) is 0 Å². The fraction of sp³-hybridized carbons (Fsp3) is 0.273. The van der Waals surface area contributed by atoms with Crippen LogP contribution in [0, 0.1) is 0 Å². The molecule has 0 aliphatic carbocycles. The average Bonchev–Trinajstić information content (AvgIpc) is 2.17. The maximum atomic E-state index is 11.0. The number of hydrogen-bond donors (Lipinski definition) is 1. The average molecular weight is 240 g/mol. The summed E-state index contributed by atoms with van der Waals surface area (Å²) < 4.78 is 22.1. The van der Waals surface area contributed by atoms with Crippen LogP contribution in [0.1, 0.15) is 12.5 Å². The highest BCUT2D eigenvalue weighted by atomic mass is 32.2. The van der Waals surface area contributed by atoms with E-state index in [0.717, 1.165) is 11.3 Å². The van der Waals surface area contributed by atoms with Crippen LogP contribution < -0.4 is 5.14 Å². The highest BCUT2D eigenvalue weighted by Crippen LogP contribution is 2.11. The fourth-order valence-corrected chi connectivity index (χ4v) is 1.71. The molecule has 0 saturated heterocycles. The van der Waals surface area contributed by atoms with E-state index in [2.05, 4.69) is 6.58 Å². The van der Waals surface area contributed by atoms with Gasteiger partial charge in [-0.05, 0) is 24.6 Å². The van der Waals surface area contributed by atoms with Crippen LogP contribution >= 0.6 is 0 Å². The molecule has 0 unspecified atom stereocenters. The number of nitrogens with two attached hydrogens (primary N) is 1. The lowest BCUT2D eigenvalue weighted by Gasteiger charge is -2.18. The molecule has 1 aromatic rings. The van der Waals surface area contributed by atoms with E-state index < -0.39 is 10.0 Å². The Balaban J connectivity index is 2.84. The number of allylic oxidation sites excluding steroid dienone is 1. The molecular weight excluding hydrogens is 224 g/mol. The first-order valence-electron chi connectivity index (χ1n) is 4.79. The Bertz CT molecular complexity index is 477. The van der Waals surface area contributed by atoms with Gasteiger partial charge in [-0.25, -0.2) is 13.6 Å². The predicted octanol–water partition coefficient (Wildman–Crippen LogP) is 1.30. The number of sulfonamides is 1. The molecule has 0 fully saturated rings. The molecule has 88 valence electrons. The van der Waals surface area contributed by atoms with Gasteiger partial charge in [-0.2, -0.15) is 0 Å². The topological polar surface area (TPSA) is 63.4 Å². The summed E-state index contributed by atoms with van der Waals surface area (Å²) in [4.78, 5) is 2.11. The molecule has 0 radical (unpaired) electrons. The van der Waals surface area contributed by atoms with Crippen molar-refractivity contribution in [2.45, 2.75) is 18.4 Å². The van der Waals surface area contributed by atoms with E-state index >= 15 is 0 Å². The number of rotatable bonds is 4. The second-order valence-electron chi connectivity index (χ2n) is 3.78. The van der Waals surface area contributed by atoms with Crippen molar-refractivity contribution in [3.8, 4) is 0 Å². The van der Waals surface area contributed by atoms with Crippen molar-refractivity contribution in [1.82, 2.24) is 4.90 Å². The molecule has 0 saturated carbocycles. The van der Waals surface area contributed by atoms with Gasteiger partial charge in [0.2, 0.25) is 10.0 Å². The number of nitrogens with zero attached hydrogens (tertiary/aromatic N) is 1. The first kappa shape index (κ1) is 12.7. The molecule has 0 spiro atoms. The largest absolute Gasteiger partial charge is 0.374 e.